The van der Waals surface area contributed by atoms with Crippen molar-refractivity contribution in [2.24, 2.45) is 0 Å². The Morgan fingerprint density at radius 3 is 2.33 bits per heavy atom. The quantitative estimate of drug-likeness (QED) is 0.562. The van der Waals surface area contributed by atoms with Gasteiger partial charge in [-0.25, -0.2) is 9.59 Å². The molecular formula is C8H8O7. The zero-order valence-electron chi connectivity index (χ0n) is 7.58. The number of hydrogen-bond donors (Lipinski definition) is 0. The number of hydrogen-bond acceptors (Lipinski definition) is 7. The first-order valence-corrected chi connectivity index (χ1v) is 4.56. The van der Waals surface area contributed by atoms with Crippen LogP contribution >= 0.6 is 0 Å². The smallest absolute Gasteiger partial charge is 0.430 e. The highest BCUT2D eigenvalue weighted by Gasteiger charge is 2.53. The van der Waals surface area contributed by atoms with Crippen LogP contribution < -0.4 is 0 Å². The van der Waals surface area contributed by atoms with Crippen LogP contribution in [0.25, 0.3) is 0 Å². The van der Waals surface area contributed by atoms with Crippen LogP contribution in [-0.2, 0) is 23.7 Å². The summed E-state index contributed by atoms with van der Waals surface area (Å²) in [4.78, 5) is 21.6. The van der Waals surface area contributed by atoms with Gasteiger partial charge in [0, 0.05) is 0 Å². The average Bonchev–Trinajstić information content (AvgIpc) is 2.80. The molecule has 82 valence electrons. The first-order valence-electron chi connectivity index (χ1n) is 4.56. The molecule has 3 aliphatic rings. The lowest BCUT2D eigenvalue weighted by Crippen LogP contribution is -2.39. The molecule has 0 bridgehead atoms. The van der Waals surface area contributed by atoms with Crippen molar-refractivity contribution in [3.63, 3.8) is 0 Å². The van der Waals surface area contributed by atoms with Crippen molar-refractivity contribution in [1.29, 1.82) is 0 Å². The van der Waals surface area contributed by atoms with E-state index in [1.165, 1.54) is 0 Å². The van der Waals surface area contributed by atoms with E-state index < -0.39 is 36.7 Å². The van der Waals surface area contributed by atoms with Gasteiger partial charge < -0.3 is 23.7 Å². The van der Waals surface area contributed by atoms with Gasteiger partial charge in [-0.3, -0.25) is 0 Å². The lowest BCUT2D eigenvalue weighted by molar-refractivity contribution is -0.0389. The van der Waals surface area contributed by atoms with Crippen molar-refractivity contribution >= 4 is 12.3 Å². The number of cyclic esters (lactones) is 2. The fraction of sp³-hybridized carbons (Fsp3) is 0.750. The summed E-state index contributed by atoms with van der Waals surface area (Å²) in [6, 6.07) is 0. The number of rotatable bonds is 1. The molecule has 0 radical (unpaired) electrons. The molecule has 4 atom stereocenters. The Labute approximate surface area is 84.2 Å². The SMILES string of the molecule is O=C1OC[C@@H]([C@H]2OC[C@H]3OC(=O)O[C@@H]23)O1. The first-order chi connectivity index (χ1) is 7.24. The monoisotopic (exact) mass is 216 g/mol. The Bertz CT molecular complexity index is 314. The highest BCUT2D eigenvalue weighted by Crippen LogP contribution is 2.31. The molecule has 0 saturated carbocycles. The topological polar surface area (TPSA) is 80.3 Å². The molecule has 0 N–H and O–H groups in total. The van der Waals surface area contributed by atoms with Crippen LogP contribution in [0, 0.1) is 0 Å². The van der Waals surface area contributed by atoms with Crippen molar-refractivity contribution in [2.45, 2.75) is 24.4 Å². The predicted molar refractivity (Wildman–Crippen MR) is 41.1 cm³/mol. The van der Waals surface area contributed by atoms with Gasteiger partial charge >= 0.3 is 12.3 Å². The largest absolute Gasteiger partial charge is 0.509 e. The van der Waals surface area contributed by atoms with Crippen LogP contribution in [-0.4, -0.2) is 49.9 Å². The molecule has 3 rings (SSSR count). The van der Waals surface area contributed by atoms with Gasteiger partial charge in [0.05, 0.1) is 6.61 Å². The molecule has 3 heterocycles. The zero-order valence-corrected chi connectivity index (χ0v) is 7.58. The summed E-state index contributed by atoms with van der Waals surface area (Å²) in [5.41, 5.74) is 0. The Kier molecular flexibility index (Phi) is 1.75. The Morgan fingerprint density at radius 1 is 0.867 bits per heavy atom. The van der Waals surface area contributed by atoms with Gasteiger partial charge in [0.1, 0.15) is 12.7 Å². The molecule has 3 fully saturated rings. The van der Waals surface area contributed by atoms with Crippen molar-refractivity contribution in [2.75, 3.05) is 13.2 Å². The van der Waals surface area contributed by atoms with Gasteiger partial charge in [-0.05, 0) is 0 Å². The van der Waals surface area contributed by atoms with Gasteiger partial charge in [0.25, 0.3) is 0 Å². The number of carbonyl (C=O) groups is 2. The van der Waals surface area contributed by atoms with Gasteiger partial charge in [-0.15, -0.1) is 0 Å². The second-order valence-corrected chi connectivity index (χ2v) is 3.50. The minimum atomic E-state index is -0.725. The Morgan fingerprint density at radius 2 is 1.60 bits per heavy atom. The van der Waals surface area contributed by atoms with Crippen LogP contribution in [0.4, 0.5) is 9.59 Å². The van der Waals surface area contributed by atoms with E-state index >= 15 is 0 Å². The maximum atomic E-state index is 10.8. The molecule has 15 heavy (non-hydrogen) atoms. The van der Waals surface area contributed by atoms with Crippen molar-refractivity contribution in [3.05, 3.63) is 0 Å². The Balaban J connectivity index is 1.72. The maximum absolute atomic E-state index is 10.8. The summed E-state index contributed by atoms with van der Waals surface area (Å²) in [5.74, 6) is 0. The van der Waals surface area contributed by atoms with E-state index in [0.717, 1.165) is 0 Å². The van der Waals surface area contributed by atoms with Gasteiger partial charge in [0.2, 0.25) is 0 Å². The number of carbonyl (C=O) groups excluding carboxylic acids is 2. The van der Waals surface area contributed by atoms with Gasteiger partial charge in [0.15, 0.2) is 18.3 Å². The molecule has 3 aliphatic heterocycles. The number of fused-ring (bicyclic) bond motifs is 1. The van der Waals surface area contributed by atoms with Crippen LogP contribution in [0.15, 0.2) is 0 Å². The van der Waals surface area contributed by atoms with E-state index in [-0.39, 0.29) is 13.2 Å². The van der Waals surface area contributed by atoms with Crippen molar-refractivity contribution in [1.82, 2.24) is 0 Å². The molecule has 0 aromatic rings. The molecule has 3 saturated heterocycles. The summed E-state index contributed by atoms with van der Waals surface area (Å²) >= 11 is 0. The van der Waals surface area contributed by atoms with E-state index in [1.807, 2.05) is 0 Å². The third-order valence-electron chi connectivity index (χ3n) is 2.60. The summed E-state index contributed by atoms with van der Waals surface area (Å²) in [5, 5.41) is 0. The highest BCUT2D eigenvalue weighted by molar-refractivity contribution is 5.63. The summed E-state index contributed by atoms with van der Waals surface area (Å²) in [7, 11) is 0. The molecular weight excluding hydrogens is 208 g/mol. The first kappa shape index (κ1) is 8.78. The summed E-state index contributed by atoms with van der Waals surface area (Å²) in [6.45, 7) is 0.374. The third-order valence-corrected chi connectivity index (χ3v) is 2.60. The fourth-order valence-corrected chi connectivity index (χ4v) is 1.94. The number of ether oxygens (including phenoxy) is 5. The van der Waals surface area contributed by atoms with E-state index in [9.17, 15) is 9.59 Å². The van der Waals surface area contributed by atoms with Crippen LogP contribution in [0.1, 0.15) is 0 Å². The van der Waals surface area contributed by atoms with Crippen LogP contribution in [0.2, 0.25) is 0 Å². The second kappa shape index (κ2) is 2.99. The molecule has 0 aromatic carbocycles. The normalized spacial score (nSPS) is 42.9. The van der Waals surface area contributed by atoms with Gasteiger partial charge in [-0.2, -0.15) is 0 Å². The molecule has 0 spiro atoms. The van der Waals surface area contributed by atoms with Crippen LogP contribution in [0.3, 0.4) is 0 Å². The molecule has 0 amide bonds. The standard InChI is InChI=1S/C8H8O7/c9-7-12-2-3(13-7)5-6-4(1-11-5)14-8(10)15-6/h3-6H,1-2H2/t3-,4+,5+,6+/m0/s1. The molecule has 7 heteroatoms. The predicted octanol–water partition coefficient (Wildman–Crippen LogP) is -0.175. The molecule has 0 aromatic heterocycles. The van der Waals surface area contributed by atoms with E-state index in [1.54, 1.807) is 0 Å². The summed E-state index contributed by atoms with van der Waals surface area (Å²) < 4.78 is 24.6. The van der Waals surface area contributed by atoms with Crippen molar-refractivity contribution in [3.8, 4) is 0 Å². The zero-order chi connectivity index (χ0) is 10.4. The molecule has 0 unspecified atom stereocenters. The van der Waals surface area contributed by atoms with E-state index in [4.69, 9.17) is 18.9 Å². The second-order valence-electron chi connectivity index (χ2n) is 3.50. The van der Waals surface area contributed by atoms with E-state index in [0.29, 0.717) is 0 Å². The van der Waals surface area contributed by atoms with E-state index in [2.05, 4.69) is 4.74 Å². The summed E-state index contributed by atoms with van der Waals surface area (Å²) in [6.07, 6.45) is -3.35. The minimum Gasteiger partial charge on any atom is -0.430 e. The van der Waals surface area contributed by atoms with Crippen LogP contribution in [0.5, 0.6) is 0 Å². The fourth-order valence-electron chi connectivity index (χ4n) is 1.94. The van der Waals surface area contributed by atoms with Crippen molar-refractivity contribution < 1.29 is 33.3 Å². The molecule has 7 nitrogen and oxygen atoms in total. The van der Waals surface area contributed by atoms with Gasteiger partial charge in [-0.1, -0.05) is 0 Å². The Hall–Kier alpha value is -1.50. The lowest BCUT2D eigenvalue weighted by Gasteiger charge is -2.17. The average molecular weight is 216 g/mol. The lowest BCUT2D eigenvalue weighted by atomic mass is 10.1. The highest BCUT2D eigenvalue weighted by atomic mass is 16.8. The minimum absolute atomic E-state index is 0.115. The molecule has 0 aliphatic carbocycles. The maximum Gasteiger partial charge on any atom is 0.509 e. The third kappa shape index (κ3) is 1.30.